The predicted octanol–water partition coefficient (Wildman–Crippen LogP) is -2.56. The lowest BCUT2D eigenvalue weighted by atomic mass is 9.99. The van der Waals surface area contributed by atoms with E-state index in [9.17, 15) is 15.3 Å². The molecule has 15 heavy (non-hydrogen) atoms. The van der Waals surface area contributed by atoms with Crippen molar-refractivity contribution in [1.29, 1.82) is 0 Å². The molecule has 4 N–H and O–H groups in total. The van der Waals surface area contributed by atoms with Crippen LogP contribution >= 0.6 is 0 Å². The summed E-state index contributed by atoms with van der Waals surface area (Å²) in [6.07, 6.45) is -1.36. The molecule has 0 aromatic rings. The van der Waals surface area contributed by atoms with Crippen LogP contribution in [0.1, 0.15) is 0 Å². The lowest BCUT2D eigenvalue weighted by molar-refractivity contribution is -0.298. The molecule has 1 rings (SSSR count). The van der Waals surface area contributed by atoms with Crippen molar-refractivity contribution in [3.63, 3.8) is 0 Å². The molecular weight excluding hydrogens is 204 g/mol. The first-order chi connectivity index (χ1) is 7.11. The molecule has 0 amide bonds. The molecular formula is C9H14O6. The fraction of sp³-hybridized carbons (Fsp3) is 0.778. The van der Waals surface area contributed by atoms with Gasteiger partial charge in [-0.15, -0.1) is 6.42 Å². The molecule has 1 saturated heterocycles. The molecule has 0 radical (unpaired) electrons. The number of rotatable bonds is 3. The van der Waals surface area contributed by atoms with Gasteiger partial charge in [0, 0.05) is 0 Å². The van der Waals surface area contributed by atoms with Crippen molar-refractivity contribution in [1.82, 2.24) is 0 Å². The van der Waals surface area contributed by atoms with Crippen molar-refractivity contribution in [2.45, 2.75) is 30.7 Å². The quantitative estimate of drug-likeness (QED) is 0.389. The molecule has 0 aromatic carbocycles. The molecule has 1 aliphatic heterocycles. The summed E-state index contributed by atoms with van der Waals surface area (Å²) in [5.74, 6) is 2.17. The van der Waals surface area contributed by atoms with Crippen LogP contribution in [-0.4, -0.2) is 64.3 Å². The van der Waals surface area contributed by atoms with E-state index in [0.717, 1.165) is 0 Å². The first-order valence-corrected chi connectivity index (χ1v) is 4.47. The smallest absolute Gasteiger partial charge is 0.187 e. The van der Waals surface area contributed by atoms with Gasteiger partial charge in [-0.25, -0.2) is 0 Å². The highest BCUT2D eigenvalue weighted by molar-refractivity contribution is 4.90. The molecule has 1 aliphatic rings. The standard InChI is InChI=1S/C9H14O6/c1-2-3-14-9-8(13)7(12)6(11)5(4-10)15-9/h1,5-13H,3-4H2/t5-,6+,7-,8?,9?/m1/s1. The molecule has 0 bridgehead atoms. The Morgan fingerprint density at radius 3 is 2.40 bits per heavy atom. The van der Waals surface area contributed by atoms with Gasteiger partial charge in [-0.05, 0) is 0 Å². The SMILES string of the molecule is C#CCOC1O[C@H](CO)[C@H](O)[C@@H](O)C1O. The topological polar surface area (TPSA) is 99.4 Å². The Morgan fingerprint density at radius 2 is 1.87 bits per heavy atom. The molecule has 1 fully saturated rings. The van der Waals surface area contributed by atoms with Crippen molar-refractivity contribution >= 4 is 0 Å². The first-order valence-electron chi connectivity index (χ1n) is 4.47. The molecule has 6 heteroatoms. The van der Waals surface area contributed by atoms with Crippen LogP contribution in [0.15, 0.2) is 0 Å². The van der Waals surface area contributed by atoms with Crippen LogP contribution in [0.25, 0.3) is 0 Å². The largest absolute Gasteiger partial charge is 0.394 e. The molecule has 0 aromatic heterocycles. The lowest BCUT2D eigenvalue weighted by Gasteiger charge is -2.39. The normalized spacial score (nSPS) is 41.1. The number of aliphatic hydroxyl groups excluding tert-OH is 4. The van der Waals surface area contributed by atoms with Gasteiger partial charge in [-0.2, -0.15) is 0 Å². The second-order valence-corrected chi connectivity index (χ2v) is 3.21. The van der Waals surface area contributed by atoms with Gasteiger partial charge >= 0.3 is 0 Å². The summed E-state index contributed by atoms with van der Waals surface area (Å²) in [7, 11) is 0. The van der Waals surface area contributed by atoms with Crippen molar-refractivity contribution in [2.75, 3.05) is 13.2 Å². The van der Waals surface area contributed by atoms with Gasteiger partial charge in [0.05, 0.1) is 6.61 Å². The second kappa shape index (κ2) is 5.42. The summed E-state index contributed by atoms with van der Waals surface area (Å²) in [4.78, 5) is 0. The summed E-state index contributed by atoms with van der Waals surface area (Å²) in [6.45, 7) is -0.580. The molecule has 1 heterocycles. The predicted molar refractivity (Wildman–Crippen MR) is 48.6 cm³/mol. The van der Waals surface area contributed by atoms with Crippen molar-refractivity contribution in [2.24, 2.45) is 0 Å². The highest BCUT2D eigenvalue weighted by Crippen LogP contribution is 2.21. The van der Waals surface area contributed by atoms with Crippen LogP contribution in [0.5, 0.6) is 0 Å². The third kappa shape index (κ3) is 2.66. The van der Waals surface area contributed by atoms with E-state index in [-0.39, 0.29) is 6.61 Å². The fourth-order valence-electron chi connectivity index (χ4n) is 1.34. The number of hydrogen-bond acceptors (Lipinski definition) is 6. The van der Waals surface area contributed by atoms with Gasteiger partial charge in [0.15, 0.2) is 6.29 Å². The van der Waals surface area contributed by atoms with E-state index < -0.39 is 37.3 Å². The van der Waals surface area contributed by atoms with E-state index in [1.165, 1.54) is 0 Å². The third-order valence-corrected chi connectivity index (χ3v) is 2.18. The summed E-state index contributed by atoms with van der Waals surface area (Å²) in [6, 6.07) is 0. The van der Waals surface area contributed by atoms with Gasteiger partial charge < -0.3 is 29.9 Å². The van der Waals surface area contributed by atoms with E-state index in [0.29, 0.717) is 0 Å². The monoisotopic (exact) mass is 218 g/mol. The van der Waals surface area contributed by atoms with Crippen LogP contribution in [0.4, 0.5) is 0 Å². The molecule has 5 atom stereocenters. The average Bonchev–Trinajstić information content (AvgIpc) is 2.25. The highest BCUT2D eigenvalue weighted by atomic mass is 16.7. The van der Waals surface area contributed by atoms with E-state index >= 15 is 0 Å². The van der Waals surface area contributed by atoms with Crippen molar-refractivity contribution < 1.29 is 29.9 Å². The Morgan fingerprint density at radius 1 is 1.20 bits per heavy atom. The summed E-state index contributed by atoms with van der Waals surface area (Å²) < 4.78 is 9.91. The number of ether oxygens (including phenoxy) is 2. The molecule has 0 aliphatic carbocycles. The molecule has 2 unspecified atom stereocenters. The fourth-order valence-corrected chi connectivity index (χ4v) is 1.34. The molecule has 0 spiro atoms. The molecule has 0 saturated carbocycles. The van der Waals surface area contributed by atoms with E-state index in [2.05, 4.69) is 5.92 Å². The zero-order valence-electron chi connectivity index (χ0n) is 7.98. The Labute approximate surface area is 87.1 Å². The maximum absolute atomic E-state index is 9.44. The van der Waals surface area contributed by atoms with Gasteiger partial charge in [-0.1, -0.05) is 5.92 Å². The average molecular weight is 218 g/mol. The van der Waals surface area contributed by atoms with E-state index in [1.54, 1.807) is 0 Å². The Kier molecular flexibility index (Phi) is 4.47. The Bertz CT molecular complexity index is 235. The third-order valence-electron chi connectivity index (χ3n) is 2.18. The van der Waals surface area contributed by atoms with Crippen LogP contribution < -0.4 is 0 Å². The molecule has 86 valence electrons. The van der Waals surface area contributed by atoms with Crippen LogP contribution in [0.3, 0.4) is 0 Å². The van der Waals surface area contributed by atoms with Crippen molar-refractivity contribution in [3.05, 3.63) is 0 Å². The Balaban J connectivity index is 2.62. The number of terminal acetylenes is 1. The highest BCUT2D eigenvalue weighted by Gasteiger charge is 2.43. The maximum atomic E-state index is 9.44. The lowest BCUT2D eigenvalue weighted by Crippen LogP contribution is -2.59. The zero-order chi connectivity index (χ0) is 11.4. The maximum Gasteiger partial charge on any atom is 0.187 e. The minimum Gasteiger partial charge on any atom is -0.394 e. The van der Waals surface area contributed by atoms with Gasteiger partial charge in [0.1, 0.15) is 31.0 Å². The van der Waals surface area contributed by atoms with Gasteiger partial charge in [0.2, 0.25) is 0 Å². The van der Waals surface area contributed by atoms with E-state index in [4.69, 9.17) is 21.0 Å². The minimum absolute atomic E-state index is 0.0946. The van der Waals surface area contributed by atoms with Crippen molar-refractivity contribution in [3.8, 4) is 12.3 Å². The van der Waals surface area contributed by atoms with Gasteiger partial charge in [-0.3, -0.25) is 0 Å². The number of aliphatic hydroxyl groups is 4. The summed E-state index contributed by atoms with van der Waals surface area (Å²) in [5.41, 5.74) is 0. The summed E-state index contributed by atoms with van der Waals surface area (Å²) >= 11 is 0. The second-order valence-electron chi connectivity index (χ2n) is 3.21. The van der Waals surface area contributed by atoms with Crippen LogP contribution in [0.2, 0.25) is 0 Å². The summed E-state index contributed by atoms with van der Waals surface area (Å²) in [5, 5.41) is 37.0. The first kappa shape index (κ1) is 12.4. The van der Waals surface area contributed by atoms with Crippen LogP contribution in [0, 0.1) is 12.3 Å². The van der Waals surface area contributed by atoms with Gasteiger partial charge in [0.25, 0.3) is 0 Å². The molecule has 6 nitrogen and oxygen atoms in total. The number of hydrogen-bond donors (Lipinski definition) is 4. The Hall–Kier alpha value is -0.680. The van der Waals surface area contributed by atoms with Crippen LogP contribution in [-0.2, 0) is 9.47 Å². The minimum atomic E-state index is -1.43. The van der Waals surface area contributed by atoms with E-state index in [1.807, 2.05) is 0 Å². The zero-order valence-corrected chi connectivity index (χ0v) is 7.98.